The van der Waals surface area contributed by atoms with Gasteiger partial charge >= 0.3 is 6.18 Å². The molecule has 1 unspecified atom stereocenters. The van der Waals surface area contributed by atoms with E-state index in [-0.39, 0.29) is 37.3 Å². The summed E-state index contributed by atoms with van der Waals surface area (Å²) in [6, 6.07) is 0. The van der Waals surface area contributed by atoms with Crippen LogP contribution in [0, 0.1) is 5.92 Å². The number of aromatic nitrogens is 3. The first-order valence-electron chi connectivity index (χ1n) is 6.83. The van der Waals surface area contributed by atoms with Crippen molar-refractivity contribution in [2.24, 2.45) is 5.92 Å². The lowest BCUT2D eigenvalue weighted by Gasteiger charge is -2.30. The normalized spacial score (nSPS) is 16.7. The Balaban J connectivity index is 2.07. The van der Waals surface area contributed by atoms with Crippen LogP contribution in [0.4, 0.5) is 13.2 Å². The minimum atomic E-state index is -4.52. The van der Waals surface area contributed by atoms with Crippen molar-refractivity contribution in [2.45, 2.75) is 33.1 Å². The van der Waals surface area contributed by atoms with Gasteiger partial charge in [0, 0.05) is 25.6 Å². The molecule has 0 saturated heterocycles. The maximum absolute atomic E-state index is 12.7. The van der Waals surface area contributed by atoms with E-state index in [1.165, 1.54) is 4.90 Å². The Bertz CT molecular complexity index is 513. The van der Waals surface area contributed by atoms with Gasteiger partial charge in [-0.15, -0.1) is 10.2 Å². The number of rotatable bonds is 4. The summed E-state index contributed by atoms with van der Waals surface area (Å²) in [5.41, 5.74) is 0. The molecule has 1 aromatic rings. The predicted molar refractivity (Wildman–Crippen MR) is 68.1 cm³/mol. The maximum atomic E-state index is 12.7. The van der Waals surface area contributed by atoms with Crippen LogP contribution in [0.3, 0.4) is 0 Å². The van der Waals surface area contributed by atoms with E-state index in [4.69, 9.17) is 0 Å². The summed E-state index contributed by atoms with van der Waals surface area (Å²) < 4.78 is 39.2. The topological polar surface area (TPSA) is 63.1 Å². The van der Waals surface area contributed by atoms with Gasteiger partial charge in [0.2, 0.25) is 11.7 Å². The Kier molecular flexibility index (Phi) is 4.50. The molecule has 1 aliphatic rings. The van der Waals surface area contributed by atoms with Gasteiger partial charge < -0.3 is 14.8 Å². The Labute approximate surface area is 120 Å². The van der Waals surface area contributed by atoms with E-state index in [9.17, 15) is 18.0 Å². The number of hydrogen-bond acceptors (Lipinski definition) is 4. The number of amides is 1. The number of fused-ring (bicyclic) bond motifs is 1. The standard InChI is InChI=1S/C12H18F3N5O/c1-3-16-6-8(2)10(21)19-4-5-20-9(7-19)17-18-11(20)12(13,14)15/h8,16H,3-7H2,1-2H3. The van der Waals surface area contributed by atoms with Crippen LogP contribution in [-0.2, 0) is 24.1 Å². The molecule has 1 aromatic heterocycles. The maximum Gasteiger partial charge on any atom is 0.451 e. The zero-order valence-electron chi connectivity index (χ0n) is 11.9. The van der Waals surface area contributed by atoms with Crippen molar-refractivity contribution in [3.05, 3.63) is 11.6 Å². The summed E-state index contributed by atoms with van der Waals surface area (Å²) >= 11 is 0. The van der Waals surface area contributed by atoms with E-state index in [2.05, 4.69) is 15.5 Å². The SMILES string of the molecule is CCNCC(C)C(=O)N1CCn2c(nnc2C(F)(F)F)C1. The highest BCUT2D eigenvalue weighted by Crippen LogP contribution is 2.29. The van der Waals surface area contributed by atoms with Gasteiger partial charge in [0.15, 0.2) is 5.82 Å². The van der Waals surface area contributed by atoms with Crippen molar-refractivity contribution < 1.29 is 18.0 Å². The third-order valence-electron chi connectivity index (χ3n) is 3.44. The molecule has 6 nitrogen and oxygen atoms in total. The van der Waals surface area contributed by atoms with Crippen LogP contribution in [0.1, 0.15) is 25.5 Å². The number of carbonyl (C=O) groups excluding carboxylic acids is 1. The molecule has 21 heavy (non-hydrogen) atoms. The second-order valence-electron chi connectivity index (χ2n) is 5.06. The lowest BCUT2D eigenvalue weighted by atomic mass is 10.1. The number of nitrogens with one attached hydrogen (secondary N) is 1. The molecule has 9 heteroatoms. The number of carbonyl (C=O) groups is 1. The quantitative estimate of drug-likeness (QED) is 0.897. The molecule has 2 rings (SSSR count). The fourth-order valence-electron chi connectivity index (χ4n) is 2.32. The molecule has 1 aliphatic heterocycles. The largest absolute Gasteiger partial charge is 0.451 e. The van der Waals surface area contributed by atoms with Gasteiger partial charge in [-0.2, -0.15) is 13.2 Å². The van der Waals surface area contributed by atoms with Crippen molar-refractivity contribution in [1.82, 2.24) is 25.0 Å². The van der Waals surface area contributed by atoms with Gasteiger partial charge in [-0.1, -0.05) is 13.8 Å². The molecule has 0 saturated carbocycles. The summed E-state index contributed by atoms with van der Waals surface area (Å²) in [5, 5.41) is 9.84. The number of hydrogen-bond donors (Lipinski definition) is 1. The smallest absolute Gasteiger partial charge is 0.333 e. The fourth-order valence-corrected chi connectivity index (χ4v) is 2.32. The Morgan fingerprint density at radius 2 is 2.10 bits per heavy atom. The van der Waals surface area contributed by atoms with Crippen molar-refractivity contribution in [3.63, 3.8) is 0 Å². The summed E-state index contributed by atoms with van der Waals surface area (Å²) in [6.07, 6.45) is -4.52. The van der Waals surface area contributed by atoms with Crippen LogP contribution in [0.2, 0.25) is 0 Å². The summed E-state index contributed by atoms with van der Waals surface area (Å²) in [5.74, 6) is -1.12. The van der Waals surface area contributed by atoms with Crippen LogP contribution < -0.4 is 5.32 Å². The average molecular weight is 305 g/mol. The molecule has 1 N–H and O–H groups in total. The molecule has 0 fully saturated rings. The Morgan fingerprint density at radius 1 is 1.38 bits per heavy atom. The van der Waals surface area contributed by atoms with Gasteiger partial charge in [0.05, 0.1) is 6.54 Å². The van der Waals surface area contributed by atoms with Gasteiger partial charge in [-0.25, -0.2) is 0 Å². The molecular weight excluding hydrogens is 287 g/mol. The number of halogens is 3. The number of alkyl halides is 3. The Morgan fingerprint density at radius 3 is 2.71 bits per heavy atom. The molecule has 1 atom stereocenters. The van der Waals surface area contributed by atoms with Crippen molar-refractivity contribution >= 4 is 5.91 Å². The highest BCUT2D eigenvalue weighted by molar-refractivity contribution is 5.78. The fraction of sp³-hybridized carbons (Fsp3) is 0.750. The highest BCUT2D eigenvalue weighted by atomic mass is 19.4. The molecule has 0 bridgehead atoms. The van der Waals surface area contributed by atoms with E-state index in [1.807, 2.05) is 6.92 Å². The molecular formula is C12H18F3N5O. The summed E-state index contributed by atoms with van der Waals surface area (Å²) in [7, 11) is 0. The highest BCUT2D eigenvalue weighted by Gasteiger charge is 2.40. The molecule has 2 heterocycles. The van der Waals surface area contributed by atoms with Gasteiger partial charge in [0.25, 0.3) is 0 Å². The minimum Gasteiger partial charge on any atom is -0.333 e. The monoisotopic (exact) mass is 305 g/mol. The van der Waals surface area contributed by atoms with Crippen molar-refractivity contribution in [1.29, 1.82) is 0 Å². The minimum absolute atomic E-state index is 0.0663. The molecule has 0 aliphatic carbocycles. The van der Waals surface area contributed by atoms with E-state index >= 15 is 0 Å². The third kappa shape index (κ3) is 3.34. The van der Waals surface area contributed by atoms with Crippen LogP contribution in [0.25, 0.3) is 0 Å². The first-order valence-corrected chi connectivity index (χ1v) is 6.83. The molecule has 0 radical (unpaired) electrons. The summed E-state index contributed by atoms with van der Waals surface area (Å²) in [4.78, 5) is 13.8. The van der Waals surface area contributed by atoms with Gasteiger partial charge in [0.1, 0.15) is 0 Å². The lowest BCUT2D eigenvalue weighted by Crippen LogP contribution is -2.43. The summed E-state index contributed by atoms with van der Waals surface area (Å²) in [6.45, 7) is 5.43. The van der Waals surface area contributed by atoms with E-state index in [1.54, 1.807) is 6.92 Å². The van der Waals surface area contributed by atoms with Gasteiger partial charge in [-0.05, 0) is 6.54 Å². The molecule has 1 amide bonds. The third-order valence-corrected chi connectivity index (χ3v) is 3.44. The average Bonchev–Trinajstić information content (AvgIpc) is 2.86. The molecule has 0 aromatic carbocycles. The van der Waals surface area contributed by atoms with E-state index < -0.39 is 12.0 Å². The second kappa shape index (κ2) is 6.00. The van der Waals surface area contributed by atoms with Crippen LogP contribution in [-0.4, -0.2) is 45.2 Å². The van der Waals surface area contributed by atoms with Gasteiger partial charge in [-0.3, -0.25) is 4.79 Å². The van der Waals surface area contributed by atoms with Crippen molar-refractivity contribution in [2.75, 3.05) is 19.6 Å². The molecule has 118 valence electrons. The van der Waals surface area contributed by atoms with Crippen LogP contribution in [0.15, 0.2) is 0 Å². The van der Waals surface area contributed by atoms with Crippen LogP contribution >= 0.6 is 0 Å². The number of nitrogens with zero attached hydrogens (tertiary/aromatic N) is 4. The Hall–Kier alpha value is -1.64. The predicted octanol–water partition coefficient (Wildman–Crippen LogP) is 0.885. The zero-order valence-corrected chi connectivity index (χ0v) is 11.9. The van der Waals surface area contributed by atoms with Crippen molar-refractivity contribution in [3.8, 4) is 0 Å². The van der Waals surface area contributed by atoms with E-state index in [0.29, 0.717) is 6.54 Å². The first-order chi connectivity index (χ1) is 9.84. The van der Waals surface area contributed by atoms with E-state index in [0.717, 1.165) is 11.1 Å². The second-order valence-corrected chi connectivity index (χ2v) is 5.06. The molecule has 0 spiro atoms. The van der Waals surface area contributed by atoms with Crippen LogP contribution in [0.5, 0.6) is 0 Å². The zero-order chi connectivity index (χ0) is 15.6. The lowest BCUT2D eigenvalue weighted by molar-refractivity contribution is -0.148. The first kappa shape index (κ1) is 15.7.